The summed E-state index contributed by atoms with van der Waals surface area (Å²) in [6.45, 7) is 2.92. The molecule has 6 nitrogen and oxygen atoms in total. The number of benzene rings is 2. The van der Waals surface area contributed by atoms with Gasteiger partial charge in [-0.25, -0.2) is 18.7 Å². The summed E-state index contributed by atoms with van der Waals surface area (Å²) in [5.74, 6) is -1.53. The molecule has 4 rings (SSSR count). The van der Waals surface area contributed by atoms with Gasteiger partial charge in [-0.3, -0.25) is 9.59 Å². The highest BCUT2D eigenvalue weighted by molar-refractivity contribution is 6.30. The average molecular weight is 499 g/mol. The maximum atomic E-state index is 13.9. The zero-order valence-corrected chi connectivity index (χ0v) is 20.0. The van der Waals surface area contributed by atoms with Gasteiger partial charge in [0.05, 0.1) is 17.7 Å². The average Bonchev–Trinajstić information content (AvgIpc) is 2.86. The van der Waals surface area contributed by atoms with Gasteiger partial charge in [0, 0.05) is 42.3 Å². The summed E-state index contributed by atoms with van der Waals surface area (Å²) in [5.41, 5.74) is 1.75. The molecule has 1 saturated heterocycles. The van der Waals surface area contributed by atoms with Gasteiger partial charge in [0.15, 0.2) is 0 Å². The standard InChI is InChI=1S/C26H25ClF2N4O2/c1-16-30-15-21(26(35)31-14-17-5-7-19(27)8-6-17)25(32-16)18-9-11-33(12-10-18)24(34)13-20-22(28)3-2-4-23(20)29/h2-8,15,18H,9-14H2,1H3,(H,31,35). The van der Waals surface area contributed by atoms with Crippen molar-refractivity contribution in [1.29, 1.82) is 0 Å². The lowest BCUT2D eigenvalue weighted by molar-refractivity contribution is -0.131. The van der Waals surface area contributed by atoms with Gasteiger partial charge in [-0.2, -0.15) is 0 Å². The second-order valence-electron chi connectivity index (χ2n) is 8.56. The molecule has 1 aliphatic rings. The van der Waals surface area contributed by atoms with Crippen molar-refractivity contribution in [2.45, 2.75) is 38.6 Å². The minimum absolute atomic E-state index is 0.0396. The Hall–Kier alpha value is -3.39. The SMILES string of the molecule is Cc1ncc(C(=O)NCc2ccc(Cl)cc2)c(C2CCN(C(=O)Cc3c(F)cccc3F)CC2)n1. The largest absolute Gasteiger partial charge is 0.348 e. The van der Waals surface area contributed by atoms with E-state index in [1.54, 1.807) is 24.0 Å². The maximum absolute atomic E-state index is 13.9. The number of carbonyl (C=O) groups is 2. The first-order valence-corrected chi connectivity index (χ1v) is 11.8. The van der Waals surface area contributed by atoms with Crippen LogP contribution in [0, 0.1) is 18.6 Å². The van der Waals surface area contributed by atoms with E-state index in [1.165, 1.54) is 12.3 Å². The summed E-state index contributed by atoms with van der Waals surface area (Å²) in [6.07, 6.45) is 2.38. The van der Waals surface area contributed by atoms with E-state index in [2.05, 4.69) is 15.3 Å². The highest BCUT2D eigenvalue weighted by atomic mass is 35.5. The van der Waals surface area contributed by atoms with Crippen molar-refractivity contribution < 1.29 is 18.4 Å². The Kier molecular flexibility index (Phi) is 7.70. The Morgan fingerprint density at radius 3 is 2.40 bits per heavy atom. The van der Waals surface area contributed by atoms with E-state index in [1.807, 2.05) is 12.1 Å². The number of nitrogens with one attached hydrogen (secondary N) is 1. The predicted octanol–water partition coefficient (Wildman–Crippen LogP) is 4.60. The lowest BCUT2D eigenvalue weighted by Gasteiger charge is -2.32. The van der Waals surface area contributed by atoms with Crippen LogP contribution in [0.1, 0.15) is 51.8 Å². The molecule has 1 aliphatic heterocycles. The Bertz CT molecular complexity index is 1210. The zero-order chi connectivity index (χ0) is 24.9. The van der Waals surface area contributed by atoms with Gasteiger partial charge < -0.3 is 10.2 Å². The highest BCUT2D eigenvalue weighted by Gasteiger charge is 2.29. The number of amides is 2. The molecule has 0 saturated carbocycles. The number of carbonyl (C=O) groups excluding carboxylic acids is 2. The van der Waals surface area contributed by atoms with Gasteiger partial charge in [0.1, 0.15) is 17.5 Å². The van der Waals surface area contributed by atoms with Gasteiger partial charge in [-0.15, -0.1) is 0 Å². The lowest BCUT2D eigenvalue weighted by atomic mass is 9.90. The van der Waals surface area contributed by atoms with Crippen LogP contribution in [0.3, 0.4) is 0 Å². The second-order valence-corrected chi connectivity index (χ2v) is 8.99. The molecule has 2 amide bonds. The molecular formula is C26H25ClF2N4O2. The molecule has 0 unspecified atom stereocenters. The first-order valence-electron chi connectivity index (χ1n) is 11.4. The van der Waals surface area contributed by atoms with Gasteiger partial charge in [0.2, 0.25) is 5.91 Å². The fourth-order valence-corrected chi connectivity index (χ4v) is 4.35. The molecule has 0 radical (unpaired) electrons. The van der Waals surface area contributed by atoms with Crippen molar-refractivity contribution in [2.75, 3.05) is 13.1 Å². The molecule has 9 heteroatoms. The Morgan fingerprint density at radius 2 is 1.74 bits per heavy atom. The molecule has 0 bridgehead atoms. The smallest absolute Gasteiger partial charge is 0.254 e. The van der Waals surface area contributed by atoms with Gasteiger partial charge in [-0.1, -0.05) is 29.8 Å². The van der Waals surface area contributed by atoms with E-state index in [0.29, 0.717) is 54.6 Å². The predicted molar refractivity (Wildman–Crippen MR) is 128 cm³/mol. The molecule has 0 atom stereocenters. The molecule has 1 N–H and O–H groups in total. The van der Waals surface area contributed by atoms with E-state index in [0.717, 1.165) is 17.7 Å². The number of aryl methyl sites for hydroxylation is 1. The van der Waals surface area contributed by atoms with Gasteiger partial charge in [0.25, 0.3) is 5.91 Å². The monoisotopic (exact) mass is 498 g/mol. The van der Waals surface area contributed by atoms with E-state index >= 15 is 0 Å². The summed E-state index contributed by atoms with van der Waals surface area (Å²) in [5, 5.41) is 3.52. The number of hydrogen-bond donors (Lipinski definition) is 1. The molecule has 2 aromatic carbocycles. The molecule has 2 heterocycles. The summed E-state index contributed by atoms with van der Waals surface area (Å²) in [6, 6.07) is 10.8. The van der Waals surface area contributed by atoms with E-state index in [9.17, 15) is 18.4 Å². The number of aromatic nitrogens is 2. The number of halogens is 3. The first kappa shape index (κ1) is 24.7. The summed E-state index contributed by atoms with van der Waals surface area (Å²) in [7, 11) is 0. The Morgan fingerprint density at radius 1 is 1.09 bits per heavy atom. The molecular weight excluding hydrogens is 474 g/mol. The first-order chi connectivity index (χ1) is 16.8. The van der Waals surface area contributed by atoms with Crippen molar-refractivity contribution in [2.24, 2.45) is 0 Å². The lowest BCUT2D eigenvalue weighted by Crippen LogP contribution is -2.39. The molecule has 0 aliphatic carbocycles. The minimum atomic E-state index is -0.723. The third-order valence-electron chi connectivity index (χ3n) is 6.17. The fraction of sp³-hybridized carbons (Fsp3) is 0.308. The maximum Gasteiger partial charge on any atom is 0.254 e. The quantitative estimate of drug-likeness (QED) is 0.539. The van der Waals surface area contributed by atoms with Crippen molar-refractivity contribution >= 4 is 23.4 Å². The van der Waals surface area contributed by atoms with Gasteiger partial charge >= 0.3 is 0 Å². The molecule has 35 heavy (non-hydrogen) atoms. The van der Waals surface area contributed by atoms with Gasteiger partial charge in [-0.05, 0) is 49.6 Å². The van der Waals surface area contributed by atoms with Crippen LogP contribution < -0.4 is 5.32 Å². The topological polar surface area (TPSA) is 75.2 Å². The molecule has 1 fully saturated rings. The summed E-state index contributed by atoms with van der Waals surface area (Å²) < 4.78 is 27.9. The number of piperidine rings is 1. The summed E-state index contributed by atoms with van der Waals surface area (Å²) in [4.78, 5) is 36.0. The van der Waals surface area contributed by atoms with E-state index in [-0.39, 0.29) is 29.7 Å². The van der Waals surface area contributed by atoms with E-state index in [4.69, 9.17) is 11.6 Å². The number of rotatable bonds is 6. The molecule has 182 valence electrons. The third kappa shape index (κ3) is 6.00. The van der Waals surface area contributed by atoms with Crippen LogP contribution in [0.15, 0.2) is 48.7 Å². The van der Waals surface area contributed by atoms with Crippen molar-refractivity contribution in [3.8, 4) is 0 Å². The van der Waals surface area contributed by atoms with Crippen LogP contribution in [-0.4, -0.2) is 39.8 Å². The highest BCUT2D eigenvalue weighted by Crippen LogP contribution is 2.29. The number of likely N-dealkylation sites (tertiary alicyclic amines) is 1. The van der Waals surface area contributed by atoms with E-state index < -0.39 is 11.6 Å². The number of hydrogen-bond acceptors (Lipinski definition) is 4. The van der Waals surface area contributed by atoms with Crippen LogP contribution >= 0.6 is 11.6 Å². The van der Waals surface area contributed by atoms with Crippen LogP contribution in [-0.2, 0) is 17.8 Å². The molecule has 1 aromatic heterocycles. The molecule has 3 aromatic rings. The minimum Gasteiger partial charge on any atom is -0.348 e. The third-order valence-corrected chi connectivity index (χ3v) is 6.43. The van der Waals surface area contributed by atoms with Crippen LogP contribution in [0.2, 0.25) is 5.02 Å². The fourth-order valence-electron chi connectivity index (χ4n) is 4.22. The van der Waals surface area contributed by atoms with Crippen LogP contribution in [0.5, 0.6) is 0 Å². The van der Waals surface area contributed by atoms with Crippen LogP contribution in [0.25, 0.3) is 0 Å². The second kappa shape index (κ2) is 10.9. The Balaban J connectivity index is 1.41. The van der Waals surface area contributed by atoms with Crippen molar-refractivity contribution in [3.05, 3.63) is 93.5 Å². The van der Waals surface area contributed by atoms with Crippen molar-refractivity contribution in [1.82, 2.24) is 20.2 Å². The summed E-state index contributed by atoms with van der Waals surface area (Å²) >= 11 is 5.91. The molecule has 0 spiro atoms. The normalized spacial score (nSPS) is 14.1. The van der Waals surface area contributed by atoms with Crippen LogP contribution in [0.4, 0.5) is 8.78 Å². The number of nitrogens with zero attached hydrogens (tertiary/aromatic N) is 3. The zero-order valence-electron chi connectivity index (χ0n) is 19.2. The Labute approximate surface area is 207 Å². The van der Waals surface area contributed by atoms with Crippen molar-refractivity contribution in [3.63, 3.8) is 0 Å².